The molecule has 0 aliphatic heterocycles. The molecule has 0 aromatic carbocycles. The van der Waals surface area contributed by atoms with Gasteiger partial charge in [0.05, 0.1) is 4.92 Å². The summed E-state index contributed by atoms with van der Waals surface area (Å²) in [5.74, 6) is -0.198. The number of nitro groups is 1. The monoisotopic (exact) mass is 266 g/mol. The van der Waals surface area contributed by atoms with Crippen LogP contribution >= 0.6 is 0 Å². The van der Waals surface area contributed by atoms with Crippen molar-refractivity contribution in [2.45, 2.75) is 33.0 Å². The smallest absolute Gasteiger partial charge is 0.356 e. The SMILES string of the molecule is CCCn1nc(C)c([N+](=O)[O-])c1NCC(F)(F)F. The lowest BCUT2D eigenvalue weighted by molar-refractivity contribution is -0.384. The van der Waals surface area contributed by atoms with Crippen LogP contribution in [-0.4, -0.2) is 27.4 Å². The molecule has 1 N–H and O–H groups in total. The van der Waals surface area contributed by atoms with E-state index in [0.29, 0.717) is 13.0 Å². The maximum atomic E-state index is 12.1. The first-order chi connectivity index (χ1) is 8.26. The Labute approximate surface area is 101 Å². The van der Waals surface area contributed by atoms with E-state index in [-0.39, 0.29) is 11.5 Å². The lowest BCUT2D eigenvalue weighted by Gasteiger charge is -2.10. The van der Waals surface area contributed by atoms with Gasteiger partial charge in [0.25, 0.3) is 0 Å². The van der Waals surface area contributed by atoms with Crippen molar-refractivity contribution in [3.63, 3.8) is 0 Å². The maximum absolute atomic E-state index is 12.1. The van der Waals surface area contributed by atoms with Crippen LogP contribution in [-0.2, 0) is 6.54 Å². The van der Waals surface area contributed by atoms with Crippen LogP contribution in [0.15, 0.2) is 0 Å². The molecular weight excluding hydrogens is 253 g/mol. The number of hydrogen-bond acceptors (Lipinski definition) is 4. The molecule has 1 rings (SSSR count). The van der Waals surface area contributed by atoms with Gasteiger partial charge in [0.15, 0.2) is 0 Å². The van der Waals surface area contributed by atoms with Gasteiger partial charge in [-0.1, -0.05) is 6.92 Å². The zero-order chi connectivity index (χ0) is 13.9. The largest absolute Gasteiger partial charge is 0.405 e. The van der Waals surface area contributed by atoms with Gasteiger partial charge in [-0.3, -0.25) is 10.1 Å². The lowest BCUT2D eigenvalue weighted by Crippen LogP contribution is -2.23. The second-order valence-electron chi connectivity index (χ2n) is 3.73. The quantitative estimate of drug-likeness (QED) is 0.656. The number of anilines is 1. The van der Waals surface area contributed by atoms with Crippen LogP contribution in [0.2, 0.25) is 0 Å². The highest BCUT2D eigenvalue weighted by Gasteiger charge is 2.31. The molecule has 1 aromatic heterocycles. The first kappa shape index (κ1) is 14.3. The molecule has 0 saturated heterocycles. The molecule has 1 aromatic rings. The summed E-state index contributed by atoms with van der Waals surface area (Å²) in [5, 5.41) is 16.7. The second-order valence-corrected chi connectivity index (χ2v) is 3.73. The Morgan fingerprint density at radius 1 is 1.50 bits per heavy atom. The van der Waals surface area contributed by atoms with Crippen molar-refractivity contribution >= 4 is 11.5 Å². The van der Waals surface area contributed by atoms with E-state index in [4.69, 9.17) is 0 Å². The third-order valence-electron chi connectivity index (χ3n) is 2.17. The summed E-state index contributed by atoms with van der Waals surface area (Å²) in [6.07, 6.45) is -3.83. The Bertz CT molecular complexity index is 442. The van der Waals surface area contributed by atoms with Gasteiger partial charge in [-0.05, 0) is 13.3 Å². The van der Waals surface area contributed by atoms with Crippen molar-refractivity contribution in [3.8, 4) is 0 Å². The van der Waals surface area contributed by atoms with Crippen molar-refractivity contribution in [1.82, 2.24) is 9.78 Å². The topological polar surface area (TPSA) is 73.0 Å². The zero-order valence-corrected chi connectivity index (χ0v) is 9.91. The van der Waals surface area contributed by atoms with E-state index in [1.54, 1.807) is 6.92 Å². The van der Waals surface area contributed by atoms with Gasteiger partial charge in [-0.25, -0.2) is 4.68 Å². The fraction of sp³-hybridized carbons (Fsp3) is 0.667. The van der Waals surface area contributed by atoms with E-state index in [0.717, 1.165) is 0 Å². The summed E-state index contributed by atoms with van der Waals surface area (Å²) in [6, 6.07) is 0. The third kappa shape index (κ3) is 3.34. The molecule has 0 saturated carbocycles. The van der Waals surface area contributed by atoms with Crippen molar-refractivity contribution < 1.29 is 18.1 Å². The Morgan fingerprint density at radius 3 is 2.56 bits per heavy atom. The van der Waals surface area contributed by atoms with Crippen molar-refractivity contribution in [2.24, 2.45) is 0 Å². The minimum absolute atomic E-state index is 0.0955. The van der Waals surface area contributed by atoms with Crippen molar-refractivity contribution in [2.75, 3.05) is 11.9 Å². The van der Waals surface area contributed by atoms with Gasteiger partial charge < -0.3 is 5.32 Å². The standard InChI is InChI=1S/C9H13F3N4O2/c1-3-4-15-8(13-5-9(10,11)12)7(16(17)18)6(2)14-15/h13H,3-5H2,1-2H3. The molecular formula is C9H13F3N4O2. The summed E-state index contributed by atoms with van der Waals surface area (Å²) in [5.41, 5.74) is -0.314. The zero-order valence-electron chi connectivity index (χ0n) is 9.91. The van der Waals surface area contributed by atoms with Crippen LogP contribution in [0, 0.1) is 17.0 Å². The molecule has 0 fully saturated rings. The van der Waals surface area contributed by atoms with Crippen LogP contribution in [0.1, 0.15) is 19.0 Å². The van der Waals surface area contributed by atoms with E-state index >= 15 is 0 Å². The predicted molar refractivity (Wildman–Crippen MR) is 58.5 cm³/mol. The number of nitrogens with one attached hydrogen (secondary N) is 1. The number of nitrogens with zero attached hydrogens (tertiary/aromatic N) is 3. The Kier molecular flexibility index (Phi) is 4.15. The fourth-order valence-corrected chi connectivity index (χ4v) is 1.52. The summed E-state index contributed by atoms with van der Waals surface area (Å²) in [7, 11) is 0. The van der Waals surface area contributed by atoms with E-state index in [2.05, 4.69) is 5.10 Å². The molecule has 0 amide bonds. The Hall–Kier alpha value is -1.80. The number of aromatic nitrogens is 2. The van der Waals surface area contributed by atoms with Gasteiger partial charge in [0, 0.05) is 6.54 Å². The second kappa shape index (κ2) is 5.23. The molecule has 0 unspecified atom stereocenters. The minimum atomic E-state index is -4.44. The minimum Gasteiger partial charge on any atom is -0.356 e. The summed E-state index contributed by atoms with van der Waals surface area (Å²) < 4.78 is 37.6. The molecule has 1 heterocycles. The highest BCUT2D eigenvalue weighted by Crippen LogP contribution is 2.29. The molecule has 0 atom stereocenters. The van der Waals surface area contributed by atoms with Gasteiger partial charge in [-0.15, -0.1) is 0 Å². The highest BCUT2D eigenvalue weighted by molar-refractivity contribution is 5.59. The molecule has 6 nitrogen and oxygen atoms in total. The van der Waals surface area contributed by atoms with E-state index in [9.17, 15) is 23.3 Å². The van der Waals surface area contributed by atoms with E-state index in [1.807, 2.05) is 5.32 Å². The Balaban J connectivity index is 3.07. The van der Waals surface area contributed by atoms with Crippen LogP contribution in [0.25, 0.3) is 0 Å². The highest BCUT2D eigenvalue weighted by atomic mass is 19.4. The number of aryl methyl sites for hydroxylation is 2. The number of hydrogen-bond donors (Lipinski definition) is 1. The number of alkyl halides is 3. The molecule has 0 aliphatic carbocycles. The maximum Gasteiger partial charge on any atom is 0.405 e. The fourth-order valence-electron chi connectivity index (χ4n) is 1.52. The molecule has 0 bridgehead atoms. The van der Waals surface area contributed by atoms with Crippen LogP contribution < -0.4 is 5.32 Å². The number of halogens is 3. The van der Waals surface area contributed by atoms with Crippen molar-refractivity contribution in [1.29, 1.82) is 0 Å². The molecule has 9 heteroatoms. The first-order valence-electron chi connectivity index (χ1n) is 5.28. The van der Waals surface area contributed by atoms with Gasteiger partial charge in [0.2, 0.25) is 5.82 Å². The summed E-state index contributed by atoms with van der Waals surface area (Å²) in [6.45, 7) is 2.18. The van der Waals surface area contributed by atoms with Gasteiger partial charge in [0.1, 0.15) is 12.2 Å². The van der Waals surface area contributed by atoms with Gasteiger partial charge in [-0.2, -0.15) is 18.3 Å². The average molecular weight is 266 g/mol. The Morgan fingerprint density at radius 2 is 2.11 bits per heavy atom. The molecule has 102 valence electrons. The van der Waals surface area contributed by atoms with Crippen LogP contribution in [0.3, 0.4) is 0 Å². The predicted octanol–water partition coefficient (Wildman–Crippen LogP) is 2.48. The molecule has 18 heavy (non-hydrogen) atoms. The van der Waals surface area contributed by atoms with Crippen molar-refractivity contribution in [3.05, 3.63) is 15.8 Å². The lowest BCUT2D eigenvalue weighted by atomic mass is 10.3. The third-order valence-corrected chi connectivity index (χ3v) is 2.17. The van der Waals surface area contributed by atoms with E-state index < -0.39 is 23.3 Å². The summed E-state index contributed by atoms with van der Waals surface area (Å²) >= 11 is 0. The van der Waals surface area contributed by atoms with Crippen LogP contribution in [0.4, 0.5) is 24.7 Å². The average Bonchev–Trinajstić information content (AvgIpc) is 2.51. The van der Waals surface area contributed by atoms with Gasteiger partial charge >= 0.3 is 11.9 Å². The van der Waals surface area contributed by atoms with E-state index in [1.165, 1.54) is 11.6 Å². The van der Waals surface area contributed by atoms with Crippen LogP contribution in [0.5, 0.6) is 0 Å². The normalized spacial score (nSPS) is 11.6. The number of rotatable bonds is 5. The molecule has 0 radical (unpaired) electrons. The first-order valence-corrected chi connectivity index (χ1v) is 5.28. The molecule has 0 spiro atoms. The molecule has 0 aliphatic rings. The summed E-state index contributed by atoms with van der Waals surface area (Å²) in [4.78, 5) is 10.1.